The van der Waals surface area contributed by atoms with Crippen molar-refractivity contribution in [3.8, 4) is 11.1 Å². The maximum absolute atomic E-state index is 12.5. The van der Waals surface area contributed by atoms with Crippen LogP contribution in [0.5, 0.6) is 0 Å². The first-order chi connectivity index (χ1) is 12.2. The van der Waals surface area contributed by atoms with E-state index in [-0.39, 0.29) is 12.0 Å². The van der Waals surface area contributed by atoms with Crippen LogP contribution in [-0.4, -0.2) is 46.8 Å². The first-order valence-electron chi connectivity index (χ1n) is 9.23. The predicted octanol–water partition coefficient (Wildman–Crippen LogP) is 3.27. The molecule has 2 aliphatic heterocycles. The molecule has 1 unspecified atom stereocenters. The average Bonchev–Trinajstić information content (AvgIpc) is 3.33. The highest BCUT2D eigenvalue weighted by Crippen LogP contribution is 2.34. The summed E-state index contributed by atoms with van der Waals surface area (Å²) in [5.74, 6) is 0.603. The number of aryl methyl sites for hydroxylation is 1. The Hall–Kier alpha value is -2.14. The van der Waals surface area contributed by atoms with Gasteiger partial charge in [0.2, 0.25) is 0 Å². The Kier molecular flexibility index (Phi) is 4.57. The van der Waals surface area contributed by atoms with Crippen molar-refractivity contribution in [3.63, 3.8) is 0 Å². The second-order valence-corrected chi connectivity index (χ2v) is 7.17. The number of piperidine rings is 1. The van der Waals surface area contributed by atoms with E-state index in [1.165, 1.54) is 22.4 Å². The van der Waals surface area contributed by atoms with Crippen LogP contribution in [0.1, 0.15) is 42.9 Å². The van der Waals surface area contributed by atoms with Crippen LogP contribution in [0.25, 0.3) is 11.1 Å². The number of aromatic nitrogens is 2. The molecule has 4 rings (SSSR count). The summed E-state index contributed by atoms with van der Waals surface area (Å²) in [6.07, 6.45) is 5.54. The van der Waals surface area contributed by atoms with Gasteiger partial charge in [-0.05, 0) is 38.2 Å². The quantitative estimate of drug-likeness (QED) is 0.934. The third kappa shape index (κ3) is 3.33. The Morgan fingerprint density at radius 3 is 2.84 bits per heavy atom. The molecule has 2 aliphatic rings. The molecule has 0 bridgehead atoms. The first-order valence-corrected chi connectivity index (χ1v) is 9.23. The number of ether oxygens (including phenoxy) is 1. The molecule has 2 saturated heterocycles. The summed E-state index contributed by atoms with van der Waals surface area (Å²) in [5, 5.41) is 7.51. The van der Waals surface area contributed by atoms with Gasteiger partial charge in [-0.2, -0.15) is 5.10 Å². The van der Waals surface area contributed by atoms with E-state index in [4.69, 9.17) is 4.74 Å². The van der Waals surface area contributed by atoms with E-state index >= 15 is 0 Å². The normalized spacial score (nSPS) is 21.6. The molecule has 1 aromatic carbocycles. The van der Waals surface area contributed by atoms with Crippen LogP contribution in [-0.2, 0) is 9.53 Å². The fourth-order valence-corrected chi connectivity index (χ4v) is 4.01. The maximum atomic E-state index is 12.5. The van der Waals surface area contributed by atoms with Gasteiger partial charge < -0.3 is 9.64 Å². The minimum absolute atomic E-state index is 0.180. The van der Waals surface area contributed by atoms with Gasteiger partial charge in [0.05, 0.1) is 6.20 Å². The summed E-state index contributed by atoms with van der Waals surface area (Å²) < 4.78 is 5.55. The molecule has 1 atom stereocenters. The van der Waals surface area contributed by atoms with Crippen molar-refractivity contribution >= 4 is 5.91 Å². The lowest BCUT2D eigenvalue weighted by atomic mass is 9.89. The van der Waals surface area contributed by atoms with Gasteiger partial charge in [0.1, 0.15) is 6.10 Å². The molecule has 5 nitrogen and oxygen atoms in total. The zero-order chi connectivity index (χ0) is 17.2. The molecule has 1 aromatic heterocycles. The lowest BCUT2D eigenvalue weighted by Gasteiger charge is -2.33. The van der Waals surface area contributed by atoms with Crippen molar-refractivity contribution < 1.29 is 9.53 Å². The number of nitrogens with zero attached hydrogens (tertiary/aromatic N) is 2. The highest BCUT2D eigenvalue weighted by Gasteiger charge is 2.32. The van der Waals surface area contributed by atoms with Crippen molar-refractivity contribution in [2.45, 2.75) is 44.6 Å². The van der Waals surface area contributed by atoms with Crippen LogP contribution in [0.15, 0.2) is 30.5 Å². The fraction of sp³-hybridized carbons (Fsp3) is 0.500. The highest BCUT2D eigenvalue weighted by molar-refractivity contribution is 5.81. The van der Waals surface area contributed by atoms with E-state index in [1.54, 1.807) is 0 Å². The summed E-state index contributed by atoms with van der Waals surface area (Å²) in [5.41, 5.74) is 4.85. The van der Waals surface area contributed by atoms with E-state index in [1.807, 2.05) is 11.1 Å². The molecule has 3 heterocycles. The molecule has 0 aliphatic carbocycles. The van der Waals surface area contributed by atoms with Gasteiger partial charge in [-0.1, -0.05) is 29.8 Å². The smallest absolute Gasteiger partial charge is 0.251 e. The largest absolute Gasteiger partial charge is 0.368 e. The standard InChI is InChI=1S/C20H25N3O2/c1-14-4-2-5-16(12-14)17-13-21-22-19(17)15-7-9-23(10-8-15)20(24)18-6-3-11-25-18/h2,4-5,12-13,15,18H,3,6-11H2,1H3,(H,21,22). The van der Waals surface area contributed by atoms with E-state index in [9.17, 15) is 4.79 Å². The topological polar surface area (TPSA) is 58.2 Å². The van der Waals surface area contributed by atoms with E-state index < -0.39 is 0 Å². The molecule has 132 valence electrons. The summed E-state index contributed by atoms with van der Waals surface area (Å²) in [6.45, 7) is 4.44. The molecular formula is C20H25N3O2. The van der Waals surface area contributed by atoms with Gasteiger partial charge in [0.25, 0.3) is 5.91 Å². The van der Waals surface area contributed by atoms with E-state index in [0.29, 0.717) is 5.92 Å². The SMILES string of the molecule is Cc1cccc(-c2cn[nH]c2C2CCN(C(=O)C3CCCO3)CC2)c1. The van der Waals surface area contributed by atoms with Gasteiger partial charge in [-0.25, -0.2) is 0 Å². The fourth-order valence-electron chi connectivity index (χ4n) is 4.01. The van der Waals surface area contributed by atoms with Crippen molar-refractivity contribution in [2.75, 3.05) is 19.7 Å². The molecule has 25 heavy (non-hydrogen) atoms. The second kappa shape index (κ2) is 7.00. The van der Waals surface area contributed by atoms with E-state index in [0.717, 1.165) is 45.4 Å². The third-order valence-corrected chi connectivity index (χ3v) is 5.42. The Labute approximate surface area is 148 Å². The number of carbonyl (C=O) groups is 1. The number of H-pyrrole nitrogens is 1. The molecule has 1 amide bonds. The van der Waals surface area contributed by atoms with Crippen LogP contribution in [0.2, 0.25) is 0 Å². The molecule has 0 spiro atoms. The Balaban J connectivity index is 1.45. The lowest BCUT2D eigenvalue weighted by molar-refractivity contribution is -0.142. The molecule has 0 radical (unpaired) electrons. The van der Waals surface area contributed by atoms with Crippen molar-refractivity contribution in [1.82, 2.24) is 15.1 Å². The number of benzene rings is 1. The van der Waals surface area contributed by atoms with Gasteiger partial charge in [-0.15, -0.1) is 0 Å². The van der Waals surface area contributed by atoms with E-state index in [2.05, 4.69) is 41.4 Å². The van der Waals surface area contributed by atoms with Crippen molar-refractivity contribution in [3.05, 3.63) is 41.7 Å². The molecule has 2 aromatic rings. The zero-order valence-corrected chi connectivity index (χ0v) is 14.7. The number of amides is 1. The zero-order valence-electron chi connectivity index (χ0n) is 14.7. The average molecular weight is 339 g/mol. The predicted molar refractivity (Wildman–Crippen MR) is 96.3 cm³/mol. The first kappa shape index (κ1) is 16.3. The monoisotopic (exact) mass is 339 g/mol. The molecule has 1 N–H and O–H groups in total. The minimum atomic E-state index is -0.202. The number of carbonyl (C=O) groups excluding carboxylic acids is 1. The maximum Gasteiger partial charge on any atom is 0.251 e. The molecular weight excluding hydrogens is 314 g/mol. The number of hydrogen-bond acceptors (Lipinski definition) is 3. The Morgan fingerprint density at radius 1 is 1.28 bits per heavy atom. The number of nitrogens with one attached hydrogen (secondary N) is 1. The lowest BCUT2D eigenvalue weighted by Crippen LogP contribution is -2.43. The van der Waals surface area contributed by atoms with Gasteiger partial charge >= 0.3 is 0 Å². The summed E-state index contributed by atoms with van der Waals surface area (Å²) in [4.78, 5) is 14.5. The summed E-state index contributed by atoms with van der Waals surface area (Å²) >= 11 is 0. The van der Waals surface area contributed by atoms with Gasteiger partial charge in [-0.3, -0.25) is 9.89 Å². The Bertz CT molecular complexity index is 741. The van der Waals surface area contributed by atoms with Crippen LogP contribution in [0.4, 0.5) is 0 Å². The number of rotatable bonds is 3. The van der Waals surface area contributed by atoms with Crippen molar-refractivity contribution in [2.24, 2.45) is 0 Å². The molecule has 0 saturated carbocycles. The van der Waals surface area contributed by atoms with Crippen LogP contribution in [0.3, 0.4) is 0 Å². The van der Waals surface area contributed by atoms with Crippen LogP contribution < -0.4 is 0 Å². The molecule has 2 fully saturated rings. The van der Waals surface area contributed by atoms with Crippen molar-refractivity contribution in [1.29, 1.82) is 0 Å². The number of aromatic amines is 1. The second-order valence-electron chi connectivity index (χ2n) is 7.17. The Morgan fingerprint density at radius 2 is 2.12 bits per heavy atom. The number of hydrogen-bond donors (Lipinski definition) is 1. The number of likely N-dealkylation sites (tertiary alicyclic amines) is 1. The van der Waals surface area contributed by atoms with Crippen LogP contribution >= 0.6 is 0 Å². The van der Waals surface area contributed by atoms with Gasteiger partial charge in [0, 0.05) is 36.9 Å². The third-order valence-electron chi connectivity index (χ3n) is 5.42. The summed E-state index contributed by atoms with van der Waals surface area (Å²) in [6, 6.07) is 8.53. The summed E-state index contributed by atoms with van der Waals surface area (Å²) in [7, 11) is 0. The van der Waals surface area contributed by atoms with Gasteiger partial charge in [0.15, 0.2) is 0 Å². The highest BCUT2D eigenvalue weighted by atomic mass is 16.5. The van der Waals surface area contributed by atoms with Crippen LogP contribution in [0, 0.1) is 6.92 Å². The minimum Gasteiger partial charge on any atom is -0.368 e. The molecule has 5 heteroatoms.